The number of rotatable bonds is 7. The smallest absolute Gasteiger partial charge is 0.141 e. The Morgan fingerprint density at radius 3 is 2.17 bits per heavy atom. The second-order valence-corrected chi connectivity index (χ2v) is 4.60. The molecule has 1 atom stereocenters. The van der Waals surface area contributed by atoms with Gasteiger partial charge in [0.15, 0.2) is 0 Å². The first-order valence-corrected chi connectivity index (χ1v) is 6.75. The summed E-state index contributed by atoms with van der Waals surface area (Å²) >= 11 is 6.12. The Hall–Kier alpha value is -0.930. The average Bonchev–Trinajstić information content (AvgIpc) is 2.35. The first-order valence-electron chi connectivity index (χ1n) is 6.37. The van der Waals surface area contributed by atoms with Crippen LogP contribution in [0.3, 0.4) is 0 Å². The lowest BCUT2D eigenvalue weighted by Gasteiger charge is -2.16. The molecule has 102 valence electrons. The molecule has 1 unspecified atom stereocenters. The van der Waals surface area contributed by atoms with Crippen LogP contribution in [-0.4, -0.2) is 18.3 Å². The number of benzene rings is 1. The maximum Gasteiger partial charge on any atom is 0.141 e. The molecular formula is C14H21ClO3. The fourth-order valence-corrected chi connectivity index (χ4v) is 1.76. The van der Waals surface area contributed by atoms with Crippen molar-refractivity contribution in [2.75, 3.05) is 13.2 Å². The van der Waals surface area contributed by atoms with Crippen LogP contribution in [0.2, 0.25) is 5.02 Å². The van der Waals surface area contributed by atoms with Gasteiger partial charge in [-0.05, 0) is 25.8 Å². The number of aliphatic hydroxyl groups is 1. The average molecular weight is 273 g/mol. The van der Waals surface area contributed by atoms with E-state index in [0.717, 1.165) is 12.8 Å². The van der Waals surface area contributed by atoms with Crippen LogP contribution in [0.1, 0.15) is 45.3 Å². The lowest BCUT2D eigenvalue weighted by atomic mass is 10.1. The minimum atomic E-state index is -0.616. The van der Waals surface area contributed by atoms with E-state index in [4.69, 9.17) is 21.1 Å². The molecule has 0 aliphatic heterocycles. The molecule has 1 rings (SSSR count). The Bertz CT molecular complexity index is 378. The van der Waals surface area contributed by atoms with Crippen molar-refractivity contribution in [1.82, 2.24) is 0 Å². The molecule has 3 nitrogen and oxygen atoms in total. The summed E-state index contributed by atoms with van der Waals surface area (Å²) in [7, 11) is 0. The molecule has 0 amide bonds. The summed E-state index contributed by atoms with van der Waals surface area (Å²) in [5.74, 6) is 1.25. The summed E-state index contributed by atoms with van der Waals surface area (Å²) in [6.07, 6.45) is 1.21. The normalized spacial score (nSPS) is 12.3. The third-order valence-corrected chi connectivity index (χ3v) is 2.73. The van der Waals surface area contributed by atoms with E-state index in [1.54, 1.807) is 19.1 Å². The van der Waals surface area contributed by atoms with Crippen molar-refractivity contribution >= 4 is 11.6 Å². The van der Waals surface area contributed by atoms with E-state index in [1.165, 1.54) is 0 Å². The van der Waals surface area contributed by atoms with Crippen LogP contribution in [0, 0.1) is 0 Å². The molecule has 1 aromatic rings. The molecule has 1 N–H and O–H groups in total. The molecular weight excluding hydrogens is 252 g/mol. The second-order valence-electron chi connectivity index (χ2n) is 4.19. The van der Waals surface area contributed by atoms with Gasteiger partial charge in [-0.2, -0.15) is 0 Å². The Morgan fingerprint density at radius 2 is 1.67 bits per heavy atom. The highest BCUT2D eigenvalue weighted by molar-refractivity contribution is 6.32. The number of ether oxygens (including phenoxy) is 2. The summed E-state index contributed by atoms with van der Waals surface area (Å²) < 4.78 is 11.2. The summed E-state index contributed by atoms with van der Waals surface area (Å²) in [5.41, 5.74) is 0.692. The van der Waals surface area contributed by atoms with Gasteiger partial charge in [-0.1, -0.05) is 25.4 Å². The Labute approximate surface area is 114 Å². The molecule has 18 heavy (non-hydrogen) atoms. The van der Waals surface area contributed by atoms with Crippen LogP contribution in [0.5, 0.6) is 11.5 Å². The van der Waals surface area contributed by atoms with Crippen LogP contribution >= 0.6 is 11.6 Å². The predicted octanol–water partition coefficient (Wildman–Crippen LogP) is 3.97. The number of aliphatic hydroxyl groups excluding tert-OH is 1. The van der Waals surface area contributed by atoms with E-state index in [-0.39, 0.29) is 0 Å². The van der Waals surface area contributed by atoms with Gasteiger partial charge in [-0.3, -0.25) is 0 Å². The topological polar surface area (TPSA) is 38.7 Å². The Balaban J connectivity index is 3.01. The van der Waals surface area contributed by atoms with Gasteiger partial charge in [0.05, 0.1) is 24.3 Å². The zero-order chi connectivity index (χ0) is 13.5. The molecule has 0 bridgehead atoms. The molecule has 0 saturated heterocycles. The van der Waals surface area contributed by atoms with Crippen molar-refractivity contribution in [1.29, 1.82) is 0 Å². The van der Waals surface area contributed by atoms with Crippen molar-refractivity contribution in [2.45, 2.75) is 39.7 Å². The Kier molecular flexibility index (Phi) is 6.30. The molecule has 0 aliphatic rings. The largest absolute Gasteiger partial charge is 0.493 e. The molecule has 0 radical (unpaired) electrons. The van der Waals surface area contributed by atoms with E-state index in [2.05, 4.69) is 0 Å². The zero-order valence-corrected chi connectivity index (χ0v) is 12.0. The summed E-state index contributed by atoms with van der Waals surface area (Å²) in [6, 6.07) is 3.47. The summed E-state index contributed by atoms with van der Waals surface area (Å²) in [6.45, 7) is 6.98. The minimum Gasteiger partial charge on any atom is -0.493 e. The minimum absolute atomic E-state index is 0.503. The molecule has 4 heteroatoms. The van der Waals surface area contributed by atoms with E-state index in [9.17, 15) is 5.11 Å². The fraction of sp³-hybridized carbons (Fsp3) is 0.571. The first kappa shape index (κ1) is 15.1. The standard InChI is InChI=1S/C14H21ClO3/c1-4-6-17-13-9-14(18-7-5-2)12(15)8-11(13)10(3)16/h8-10,16H,4-7H2,1-3H3. The molecule has 0 aliphatic carbocycles. The monoisotopic (exact) mass is 272 g/mol. The van der Waals surface area contributed by atoms with E-state index in [0.29, 0.717) is 35.3 Å². The molecule has 0 aromatic heterocycles. The first-order chi connectivity index (χ1) is 8.60. The highest BCUT2D eigenvalue weighted by atomic mass is 35.5. The van der Waals surface area contributed by atoms with Crippen LogP contribution in [-0.2, 0) is 0 Å². The molecule has 0 spiro atoms. The second kappa shape index (κ2) is 7.49. The maximum absolute atomic E-state index is 9.72. The third-order valence-electron chi connectivity index (χ3n) is 2.44. The summed E-state index contributed by atoms with van der Waals surface area (Å²) in [4.78, 5) is 0. The molecule has 0 saturated carbocycles. The van der Waals surface area contributed by atoms with Gasteiger partial charge in [-0.15, -0.1) is 0 Å². The van der Waals surface area contributed by atoms with Gasteiger partial charge in [0.2, 0.25) is 0 Å². The van der Waals surface area contributed by atoms with Gasteiger partial charge in [-0.25, -0.2) is 0 Å². The van der Waals surface area contributed by atoms with Crippen molar-refractivity contribution in [3.63, 3.8) is 0 Å². The van der Waals surface area contributed by atoms with Gasteiger partial charge < -0.3 is 14.6 Å². The molecule has 0 heterocycles. The fourth-order valence-electron chi connectivity index (χ4n) is 1.54. The van der Waals surface area contributed by atoms with Crippen LogP contribution < -0.4 is 9.47 Å². The number of halogens is 1. The van der Waals surface area contributed by atoms with Gasteiger partial charge >= 0.3 is 0 Å². The van der Waals surface area contributed by atoms with Crippen LogP contribution in [0.4, 0.5) is 0 Å². The zero-order valence-electron chi connectivity index (χ0n) is 11.2. The quantitative estimate of drug-likeness (QED) is 0.816. The van der Waals surface area contributed by atoms with Crippen LogP contribution in [0.15, 0.2) is 12.1 Å². The highest BCUT2D eigenvalue weighted by Gasteiger charge is 2.14. The van der Waals surface area contributed by atoms with Crippen molar-refractivity contribution in [2.24, 2.45) is 0 Å². The predicted molar refractivity (Wildman–Crippen MR) is 73.7 cm³/mol. The van der Waals surface area contributed by atoms with Crippen molar-refractivity contribution < 1.29 is 14.6 Å². The lowest BCUT2D eigenvalue weighted by molar-refractivity contribution is 0.190. The highest BCUT2D eigenvalue weighted by Crippen LogP contribution is 2.36. The number of hydrogen-bond donors (Lipinski definition) is 1. The van der Waals surface area contributed by atoms with Crippen molar-refractivity contribution in [3.05, 3.63) is 22.7 Å². The number of hydrogen-bond acceptors (Lipinski definition) is 3. The molecule has 1 aromatic carbocycles. The van der Waals surface area contributed by atoms with Crippen molar-refractivity contribution in [3.8, 4) is 11.5 Å². The van der Waals surface area contributed by atoms with E-state index >= 15 is 0 Å². The Morgan fingerprint density at radius 1 is 1.11 bits per heavy atom. The third kappa shape index (κ3) is 4.07. The van der Waals surface area contributed by atoms with E-state index in [1.807, 2.05) is 13.8 Å². The summed E-state index contributed by atoms with van der Waals surface area (Å²) in [5, 5.41) is 10.2. The molecule has 0 fully saturated rings. The SMILES string of the molecule is CCCOc1cc(OCCC)c(C(C)O)cc1Cl. The van der Waals surface area contributed by atoms with E-state index < -0.39 is 6.10 Å². The van der Waals surface area contributed by atoms with Crippen LogP contribution in [0.25, 0.3) is 0 Å². The maximum atomic E-state index is 9.72. The lowest BCUT2D eigenvalue weighted by Crippen LogP contribution is -2.03. The van der Waals surface area contributed by atoms with Gasteiger partial charge in [0, 0.05) is 11.6 Å². The van der Waals surface area contributed by atoms with Gasteiger partial charge in [0.25, 0.3) is 0 Å². The van der Waals surface area contributed by atoms with Gasteiger partial charge in [0.1, 0.15) is 11.5 Å².